The Labute approximate surface area is 116 Å². The normalized spacial score (nSPS) is 12.1. The van der Waals surface area contributed by atoms with Gasteiger partial charge < -0.3 is 0 Å². The van der Waals surface area contributed by atoms with E-state index in [-0.39, 0.29) is 0 Å². The van der Waals surface area contributed by atoms with E-state index < -0.39 is 0 Å². The lowest BCUT2D eigenvalue weighted by molar-refractivity contribution is 1.41. The van der Waals surface area contributed by atoms with Crippen LogP contribution < -0.4 is 0 Å². The Morgan fingerprint density at radius 2 is 1.63 bits per heavy atom. The number of hydrogen-bond acceptors (Lipinski definition) is 0. The van der Waals surface area contributed by atoms with E-state index in [9.17, 15) is 0 Å². The van der Waals surface area contributed by atoms with Crippen molar-refractivity contribution in [3.63, 3.8) is 0 Å². The molecule has 0 radical (unpaired) electrons. The summed E-state index contributed by atoms with van der Waals surface area (Å²) in [6.45, 7) is 6.34. The summed E-state index contributed by atoms with van der Waals surface area (Å²) in [4.78, 5) is 0. The van der Waals surface area contributed by atoms with Gasteiger partial charge in [-0.25, -0.2) is 0 Å². The molecule has 0 unspecified atom stereocenters. The van der Waals surface area contributed by atoms with E-state index in [1.165, 1.54) is 27.8 Å². The smallest absolute Gasteiger partial charge is 0.0149 e. The van der Waals surface area contributed by atoms with Gasteiger partial charge in [-0.3, -0.25) is 0 Å². The zero-order valence-electron chi connectivity index (χ0n) is 11.9. The molecule has 0 heterocycles. The SMILES string of the molecule is C/C=C\C(=C/C)c1cccc(-c2ccccc2)c1C. The summed E-state index contributed by atoms with van der Waals surface area (Å²) in [7, 11) is 0. The highest BCUT2D eigenvalue weighted by Gasteiger charge is 2.07. The van der Waals surface area contributed by atoms with Crippen molar-refractivity contribution >= 4 is 5.57 Å². The van der Waals surface area contributed by atoms with E-state index in [0.29, 0.717) is 0 Å². The molecule has 2 aromatic rings. The fraction of sp³-hybridized carbons (Fsp3) is 0.158. The quantitative estimate of drug-likeness (QED) is 0.616. The maximum atomic E-state index is 2.20. The van der Waals surface area contributed by atoms with E-state index in [4.69, 9.17) is 0 Å². The summed E-state index contributed by atoms with van der Waals surface area (Å²) in [5.41, 5.74) is 6.50. The van der Waals surface area contributed by atoms with Crippen molar-refractivity contribution in [3.05, 3.63) is 77.9 Å². The highest BCUT2D eigenvalue weighted by atomic mass is 14.1. The summed E-state index contributed by atoms with van der Waals surface area (Å²) in [5, 5.41) is 0. The summed E-state index contributed by atoms with van der Waals surface area (Å²) >= 11 is 0. The molecule has 0 aliphatic heterocycles. The molecule has 19 heavy (non-hydrogen) atoms. The third kappa shape index (κ3) is 2.85. The molecule has 0 N–H and O–H groups in total. The lowest BCUT2D eigenvalue weighted by atomic mass is 9.92. The first-order valence-electron chi connectivity index (χ1n) is 6.72. The van der Waals surface area contributed by atoms with Crippen molar-refractivity contribution in [2.24, 2.45) is 0 Å². The molecule has 0 fully saturated rings. The Balaban J connectivity index is 2.56. The molecule has 0 heteroatoms. The molecule has 0 aliphatic carbocycles. The molecule has 0 nitrogen and oxygen atoms in total. The van der Waals surface area contributed by atoms with Crippen LogP contribution in [0, 0.1) is 6.92 Å². The first-order valence-corrected chi connectivity index (χ1v) is 6.72. The van der Waals surface area contributed by atoms with Gasteiger partial charge in [0.15, 0.2) is 0 Å². The van der Waals surface area contributed by atoms with E-state index in [1.54, 1.807) is 0 Å². The predicted octanol–water partition coefficient (Wildman–Crippen LogP) is 5.64. The van der Waals surface area contributed by atoms with Crippen LogP contribution in [-0.2, 0) is 0 Å². The maximum absolute atomic E-state index is 2.20. The van der Waals surface area contributed by atoms with Gasteiger partial charge in [-0.2, -0.15) is 0 Å². The Morgan fingerprint density at radius 1 is 0.895 bits per heavy atom. The number of allylic oxidation sites excluding steroid dienone is 4. The molecule has 0 aromatic heterocycles. The topological polar surface area (TPSA) is 0 Å². The van der Waals surface area contributed by atoms with Crippen molar-refractivity contribution < 1.29 is 0 Å². The largest absolute Gasteiger partial charge is 0.0871 e. The average molecular weight is 248 g/mol. The second kappa shape index (κ2) is 6.19. The van der Waals surface area contributed by atoms with Gasteiger partial charge in [0.1, 0.15) is 0 Å². The number of rotatable bonds is 3. The van der Waals surface area contributed by atoms with Crippen molar-refractivity contribution in [1.29, 1.82) is 0 Å². The fourth-order valence-electron chi connectivity index (χ4n) is 2.40. The Bertz CT molecular complexity index is 601. The minimum Gasteiger partial charge on any atom is -0.0871 e. The van der Waals surface area contributed by atoms with Gasteiger partial charge in [0.05, 0.1) is 0 Å². The molecule has 2 aromatic carbocycles. The molecule has 0 amide bonds. The zero-order chi connectivity index (χ0) is 13.7. The third-order valence-corrected chi connectivity index (χ3v) is 3.39. The molecule has 0 saturated carbocycles. The number of benzene rings is 2. The molecule has 0 atom stereocenters. The molecule has 0 spiro atoms. The Morgan fingerprint density at radius 3 is 2.26 bits per heavy atom. The molecule has 0 aliphatic rings. The molecular weight excluding hydrogens is 228 g/mol. The van der Waals surface area contributed by atoms with Gasteiger partial charge in [0.25, 0.3) is 0 Å². The van der Waals surface area contributed by atoms with E-state index in [1.807, 2.05) is 0 Å². The summed E-state index contributed by atoms with van der Waals surface area (Å²) < 4.78 is 0. The molecule has 96 valence electrons. The first-order chi connectivity index (χ1) is 9.27. The lowest BCUT2D eigenvalue weighted by Crippen LogP contribution is -1.90. The van der Waals surface area contributed by atoms with Crippen molar-refractivity contribution in [1.82, 2.24) is 0 Å². The van der Waals surface area contributed by atoms with Gasteiger partial charge in [-0.15, -0.1) is 0 Å². The summed E-state index contributed by atoms with van der Waals surface area (Å²) in [6, 6.07) is 17.1. The van der Waals surface area contributed by atoms with Crippen LogP contribution in [0.4, 0.5) is 0 Å². The highest BCUT2D eigenvalue weighted by Crippen LogP contribution is 2.29. The highest BCUT2D eigenvalue weighted by molar-refractivity contribution is 5.81. The average Bonchev–Trinajstić information content (AvgIpc) is 2.46. The Hall–Kier alpha value is -2.08. The second-order valence-electron chi connectivity index (χ2n) is 4.59. The van der Waals surface area contributed by atoms with Gasteiger partial charge in [-0.1, -0.05) is 66.8 Å². The van der Waals surface area contributed by atoms with E-state index >= 15 is 0 Å². The lowest BCUT2D eigenvalue weighted by Gasteiger charge is -2.12. The third-order valence-electron chi connectivity index (χ3n) is 3.39. The maximum Gasteiger partial charge on any atom is -0.0149 e. The molecular formula is C19H20. The van der Waals surface area contributed by atoms with Gasteiger partial charge in [-0.05, 0) is 48.6 Å². The molecule has 0 saturated heterocycles. The fourth-order valence-corrected chi connectivity index (χ4v) is 2.40. The monoisotopic (exact) mass is 248 g/mol. The van der Waals surface area contributed by atoms with Crippen molar-refractivity contribution in [2.75, 3.05) is 0 Å². The minimum absolute atomic E-state index is 1.28. The van der Waals surface area contributed by atoms with Crippen LogP contribution >= 0.6 is 0 Å². The minimum atomic E-state index is 1.28. The second-order valence-corrected chi connectivity index (χ2v) is 4.59. The molecule has 0 bridgehead atoms. The van der Waals surface area contributed by atoms with Crippen LogP contribution in [0.3, 0.4) is 0 Å². The standard InChI is InChI=1S/C19H20/c1-4-10-16(5-2)18-13-9-14-19(15(18)3)17-11-7-6-8-12-17/h4-14H,1-3H3/b10-4-,16-5+. The van der Waals surface area contributed by atoms with Crippen LogP contribution in [-0.4, -0.2) is 0 Å². The van der Waals surface area contributed by atoms with Crippen LogP contribution in [0.15, 0.2) is 66.8 Å². The van der Waals surface area contributed by atoms with Gasteiger partial charge in [0, 0.05) is 0 Å². The zero-order valence-corrected chi connectivity index (χ0v) is 11.9. The van der Waals surface area contributed by atoms with E-state index in [0.717, 1.165) is 0 Å². The predicted molar refractivity (Wildman–Crippen MR) is 85.1 cm³/mol. The van der Waals surface area contributed by atoms with Crippen LogP contribution in [0.5, 0.6) is 0 Å². The van der Waals surface area contributed by atoms with Crippen LogP contribution in [0.25, 0.3) is 16.7 Å². The van der Waals surface area contributed by atoms with Gasteiger partial charge >= 0.3 is 0 Å². The van der Waals surface area contributed by atoms with Gasteiger partial charge in [0.2, 0.25) is 0 Å². The Kier molecular flexibility index (Phi) is 4.35. The summed E-state index contributed by atoms with van der Waals surface area (Å²) in [6.07, 6.45) is 6.41. The van der Waals surface area contributed by atoms with Crippen LogP contribution in [0.2, 0.25) is 0 Å². The first kappa shape index (κ1) is 13.4. The van der Waals surface area contributed by atoms with Crippen molar-refractivity contribution in [3.8, 4) is 11.1 Å². The van der Waals surface area contributed by atoms with Crippen LogP contribution in [0.1, 0.15) is 25.0 Å². The van der Waals surface area contributed by atoms with Crippen molar-refractivity contribution in [2.45, 2.75) is 20.8 Å². The molecule has 2 rings (SSSR count). The van der Waals surface area contributed by atoms with E-state index in [2.05, 4.69) is 87.5 Å². The summed E-state index contributed by atoms with van der Waals surface area (Å²) in [5.74, 6) is 0. The number of hydrogen-bond donors (Lipinski definition) is 0.